The highest BCUT2D eigenvalue weighted by Gasteiger charge is 2.23. The lowest BCUT2D eigenvalue weighted by molar-refractivity contribution is -0.115. The van der Waals surface area contributed by atoms with Gasteiger partial charge in [0.25, 0.3) is 0 Å². The van der Waals surface area contributed by atoms with Gasteiger partial charge in [0.1, 0.15) is 0 Å². The summed E-state index contributed by atoms with van der Waals surface area (Å²) in [5, 5.41) is 2.83. The zero-order valence-corrected chi connectivity index (χ0v) is 13.2. The average Bonchev–Trinajstić information content (AvgIpc) is 2.46. The van der Waals surface area contributed by atoms with Crippen LogP contribution in [0.4, 0.5) is 11.4 Å². The third-order valence-electron chi connectivity index (χ3n) is 3.52. The van der Waals surface area contributed by atoms with Gasteiger partial charge in [0.2, 0.25) is 15.9 Å². The van der Waals surface area contributed by atoms with E-state index in [0.717, 1.165) is 11.4 Å². The quantitative estimate of drug-likeness (QED) is 0.904. The number of hydrogen-bond donors (Lipinski definition) is 1. The van der Waals surface area contributed by atoms with Gasteiger partial charge in [0.05, 0.1) is 6.26 Å². The Balaban J connectivity index is 2.03. The first-order chi connectivity index (χ1) is 9.90. The van der Waals surface area contributed by atoms with Crippen molar-refractivity contribution >= 4 is 27.3 Å². The highest BCUT2D eigenvalue weighted by atomic mass is 32.2. The average molecular weight is 311 g/mol. The van der Waals surface area contributed by atoms with Crippen molar-refractivity contribution in [1.29, 1.82) is 0 Å². The van der Waals surface area contributed by atoms with Crippen molar-refractivity contribution < 1.29 is 13.2 Å². The Morgan fingerprint density at radius 3 is 2.48 bits per heavy atom. The molecule has 1 saturated heterocycles. The molecule has 0 spiro atoms. The van der Waals surface area contributed by atoms with E-state index in [1.165, 1.54) is 10.6 Å². The fraction of sp³-hybridized carbons (Fsp3) is 0.500. The Morgan fingerprint density at radius 2 is 1.90 bits per heavy atom. The number of benzene rings is 1. The van der Waals surface area contributed by atoms with Gasteiger partial charge < -0.3 is 10.2 Å². The maximum Gasteiger partial charge on any atom is 0.224 e. The summed E-state index contributed by atoms with van der Waals surface area (Å²) in [5.41, 5.74) is 1.77. The van der Waals surface area contributed by atoms with Gasteiger partial charge in [-0.25, -0.2) is 8.42 Å². The normalized spacial score (nSPS) is 16.8. The third kappa shape index (κ3) is 4.18. The number of anilines is 2. The summed E-state index contributed by atoms with van der Waals surface area (Å²) in [6, 6.07) is 7.63. The minimum Gasteiger partial charge on any atom is -0.369 e. The lowest BCUT2D eigenvalue weighted by Gasteiger charge is -2.34. The topological polar surface area (TPSA) is 69.7 Å². The molecule has 0 bridgehead atoms. The molecule has 0 atom stereocenters. The van der Waals surface area contributed by atoms with Crippen LogP contribution in [0.25, 0.3) is 0 Å². The fourth-order valence-corrected chi connectivity index (χ4v) is 3.13. The Bertz CT molecular complexity index is 608. The molecule has 0 radical (unpaired) electrons. The van der Waals surface area contributed by atoms with Crippen molar-refractivity contribution in [1.82, 2.24) is 4.31 Å². The van der Waals surface area contributed by atoms with Gasteiger partial charge in [-0.3, -0.25) is 4.79 Å². The number of hydrogen-bond acceptors (Lipinski definition) is 4. The van der Waals surface area contributed by atoms with E-state index in [2.05, 4.69) is 10.2 Å². The molecule has 1 aliphatic rings. The summed E-state index contributed by atoms with van der Waals surface area (Å²) in [6.07, 6.45) is 1.68. The van der Waals surface area contributed by atoms with Crippen molar-refractivity contribution in [3.8, 4) is 0 Å². The molecule has 0 aliphatic carbocycles. The van der Waals surface area contributed by atoms with Gasteiger partial charge in [0.15, 0.2) is 0 Å². The van der Waals surface area contributed by atoms with Crippen LogP contribution in [-0.4, -0.2) is 51.1 Å². The highest BCUT2D eigenvalue weighted by Crippen LogP contribution is 2.21. The molecule has 1 aliphatic heterocycles. The van der Waals surface area contributed by atoms with E-state index in [1.807, 2.05) is 31.2 Å². The van der Waals surface area contributed by atoms with Crippen LogP contribution in [0, 0.1) is 0 Å². The first-order valence-corrected chi connectivity index (χ1v) is 8.85. The summed E-state index contributed by atoms with van der Waals surface area (Å²) >= 11 is 0. The highest BCUT2D eigenvalue weighted by molar-refractivity contribution is 7.88. The predicted molar refractivity (Wildman–Crippen MR) is 84.0 cm³/mol. The molecule has 7 heteroatoms. The smallest absolute Gasteiger partial charge is 0.224 e. The number of sulfonamides is 1. The Kier molecular flexibility index (Phi) is 4.84. The molecule has 1 aromatic rings. The zero-order valence-electron chi connectivity index (χ0n) is 12.4. The summed E-state index contributed by atoms with van der Waals surface area (Å²) in [6.45, 7) is 4.09. The number of nitrogens with one attached hydrogen (secondary N) is 1. The number of piperazine rings is 1. The lowest BCUT2D eigenvalue weighted by atomic mass is 10.2. The van der Waals surface area contributed by atoms with E-state index in [0.29, 0.717) is 32.6 Å². The van der Waals surface area contributed by atoms with Crippen LogP contribution in [0.5, 0.6) is 0 Å². The van der Waals surface area contributed by atoms with Gasteiger partial charge >= 0.3 is 0 Å². The SMILES string of the molecule is CCC(=O)Nc1cccc(N2CCN(S(C)(=O)=O)CC2)c1. The molecule has 1 fully saturated rings. The van der Waals surface area contributed by atoms with Gasteiger partial charge in [-0.05, 0) is 18.2 Å². The molecule has 0 unspecified atom stereocenters. The van der Waals surface area contributed by atoms with E-state index in [-0.39, 0.29) is 5.91 Å². The van der Waals surface area contributed by atoms with Crippen LogP contribution in [0.2, 0.25) is 0 Å². The van der Waals surface area contributed by atoms with Gasteiger partial charge in [-0.1, -0.05) is 13.0 Å². The molecule has 116 valence electrons. The first-order valence-electron chi connectivity index (χ1n) is 7.00. The monoisotopic (exact) mass is 311 g/mol. The standard InChI is InChI=1S/C14H21N3O3S/c1-3-14(18)15-12-5-4-6-13(11-12)16-7-9-17(10-8-16)21(2,19)20/h4-6,11H,3,7-10H2,1-2H3,(H,15,18). The molecule has 0 aromatic heterocycles. The van der Waals surface area contributed by atoms with Crippen LogP contribution in [-0.2, 0) is 14.8 Å². The van der Waals surface area contributed by atoms with E-state index in [4.69, 9.17) is 0 Å². The van der Waals surface area contributed by atoms with Crippen molar-refractivity contribution in [2.45, 2.75) is 13.3 Å². The second-order valence-corrected chi connectivity index (χ2v) is 7.08. The minimum atomic E-state index is -3.11. The van der Waals surface area contributed by atoms with Crippen LogP contribution in [0.15, 0.2) is 24.3 Å². The van der Waals surface area contributed by atoms with E-state index in [9.17, 15) is 13.2 Å². The zero-order chi connectivity index (χ0) is 15.5. The Hall–Kier alpha value is -1.60. The molecule has 1 amide bonds. The summed E-state index contributed by atoms with van der Waals surface area (Å²) in [7, 11) is -3.11. The summed E-state index contributed by atoms with van der Waals surface area (Å²) < 4.78 is 24.5. The van der Waals surface area contributed by atoms with Gasteiger partial charge in [0, 0.05) is 44.0 Å². The van der Waals surface area contributed by atoms with Crippen molar-refractivity contribution in [2.24, 2.45) is 0 Å². The largest absolute Gasteiger partial charge is 0.369 e. The number of carbonyl (C=O) groups is 1. The molecule has 21 heavy (non-hydrogen) atoms. The first kappa shape index (κ1) is 15.8. The van der Waals surface area contributed by atoms with E-state index >= 15 is 0 Å². The van der Waals surface area contributed by atoms with Crippen molar-refractivity contribution in [2.75, 3.05) is 42.7 Å². The van der Waals surface area contributed by atoms with E-state index < -0.39 is 10.0 Å². The lowest BCUT2D eigenvalue weighted by Crippen LogP contribution is -2.48. The predicted octanol–water partition coefficient (Wildman–Crippen LogP) is 1.12. The molecule has 1 N–H and O–H groups in total. The Morgan fingerprint density at radius 1 is 1.24 bits per heavy atom. The van der Waals surface area contributed by atoms with Crippen molar-refractivity contribution in [3.05, 3.63) is 24.3 Å². The minimum absolute atomic E-state index is 0.0194. The van der Waals surface area contributed by atoms with Crippen LogP contribution < -0.4 is 10.2 Å². The van der Waals surface area contributed by atoms with Gasteiger partial charge in [-0.2, -0.15) is 4.31 Å². The maximum atomic E-state index is 11.5. The molecule has 1 heterocycles. The molecule has 0 saturated carbocycles. The molecule has 6 nitrogen and oxygen atoms in total. The Labute approximate surface area is 125 Å². The third-order valence-corrected chi connectivity index (χ3v) is 4.83. The number of carbonyl (C=O) groups excluding carboxylic acids is 1. The second-order valence-electron chi connectivity index (χ2n) is 5.10. The van der Waals surface area contributed by atoms with E-state index in [1.54, 1.807) is 0 Å². The maximum absolute atomic E-state index is 11.5. The van der Waals surface area contributed by atoms with Crippen LogP contribution >= 0.6 is 0 Å². The molecular weight excluding hydrogens is 290 g/mol. The van der Waals surface area contributed by atoms with Gasteiger partial charge in [-0.15, -0.1) is 0 Å². The number of amides is 1. The van der Waals surface area contributed by atoms with Crippen molar-refractivity contribution in [3.63, 3.8) is 0 Å². The fourth-order valence-electron chi connectivity index (χ4n) is 2.31. The molecule has 2 rings (SSSR count). The molecular formula is C14H21N3O3S. The second kappa shape index (κ2) is 6.44. The molecule has 1 aromatic carbocycles. The number of rotatable bonds is 4. The van der Waals surface area contributed by atoms with Crippen LogP contribution in [0.3, 0.4) is 0 Å². The summed E-state index contributed by atoms with van der Waals surface area (Å²) in [5.74, 6) is -0.0194. The van der Waals surface area contributed by atoms with Crippen LogP contribution in [0.1, 0.15) is 13.3 Å². The summed E-state index contributed by atoms with van der Waals surface area (Å²) in [4.78, 5) is 13.6. The number of nitrogens with zero attached hydrogens (tertiary/aromatic N) is 2.